The van der Waals surface area contributed by atoms with Gasteiger partial charge in [0.15, 0.2) is 4.90 Å². The van der Waals surface area contributed by atoms with Crippen LogP contribution in [0.25, 0.3) is 0 Å². The number of nitrogens with zero attached hydrogens (tertiary/aromatic N) is 2. The van der Waals surface area contributed by atoms with Crippen LogP contribution in [0, 0.1) is 16.0 Å². The van der Waals surface area contributed by atoms with Gasteiger partial charge in [-0.3, -0.25) is 21.0 Å². The van der Waals surface area contributed by atoms with Crippen molar-refractivity contribution >= 4 is 15.7 Å². The van der Waals surface area contributed by atoms with Gasteiger partial charge in [0.1, 0.15) is 0 Å². The summed E-state index contributed by atoms with van der Waals surface area (Å²) in [5.41, 5.74) is 5.60. The van der Waals surface area contributed by atoms with Crippen molar-refractivity contribution in [1.82, 2.24) is 15.2 Å². The molecule has 8 nitrogen and oxygen atoms in total. The number of nitro groups is 1. The van der Waals surface area contributed by atoms with Crippen LogP contribution in [-0.2, 0) is 16.2 Å². The maximum Gasteiger partial charge on any atom is 0.416 e. The zero-order chi connectivity index (χ0) is 23.8. The third kappa shape index (κ3) is 4.88. The van der Waals surface area contributed by atoms with E-state index in [0.717, 1.165) is 12.1 Å². The molecule has 0 amide bonds. The first-order chi connectivity index (χ1) is 15.6. The summed E-state index contributed by atoms with van der Waals surface area (Å²) < 4.78 is 66.3. The quantitative estimate of drug-likeness (QED) is 0.496. The zero-order valence-corrected chi connectivity index (χ0v) is 18.3. The van der Waals surface area contributed by atoms with Gasteiger partial charge in [0.05, 0.1) is 10.5 Å². The summed E-state index contributed by atoms with van der Waals surface area (Å²) in [4.78, 5) is 10.2. The molecular weight excluding hydrogens is 461 g/mol. The van der Waals surface area contributed by atoms with E-state index < -0.39 is 32.4 Å². The highest BCUT2D eigenvalue weighted by Crippen LogP contribution is 2.35. The highest BCUT2D eigenvalue weighted by molar-refractivity contribution is 7.89. The number of halogens is 3. The van der Waals surface area contributed by atoms with Gasteiger partial charge in [-0.25, -0.2) is 8.42 Å². The van der Waals surface area contributed by atoms with Crippen LogP contribution in [0.1, 0.15) is 36.4 Å². The Morgan fingerprint density at radius 1 is 1.03 bits per heavy atom. The van der Waals surface area contributed by atoms with Gasteiger partial charge in [-0.05, 0) is 48.9 Å². The van der Waals surface area contributed by atoms with E-state index in [1.165, 1.54) is 34.6 Å². The second-order valence-corrected chi connectivity index (χ2v) is 10.2. The number of alkyl halides is 3. The third-order valence-electron chi connectivity index (χ3n) is 6.30. The number of rotatable bonds is 5. The second kappa shape index (κ2) is 9.01. The average molecular weight is 485 g/mol. The molecule has 2 saturated heterocycles. The predicted octanol–water partition coefficient (Wildman–Crippen LogP) is 3.62. The standard InChI is InChI=1S/C21H23F3N4O4S/c22-21(23,24)16-5-3-4-15(12-16)18-13-17(25-26-18)14-8-10-27(11-9-14)33(31,32)20-7-2-1-6-19(20)28(29)30/h1-7,12,14,17-18,25-26H,8-11,13H2. The van der Waals surface area contributed by atoms with Crippen LogP contribution in [0.3, 0.4) is 0 Å². The maximum absolute atomic E-state index is 13.0. The van der Waals surface area contributed by atoms with Crippen LogP contribution < -0.4 is 10.9 Å². The Balaban J connectivity index is 1.40. The molecule has 2 fully saturated rings. The Morgan fingerprint density at radius 3 is 2.39 bits per heavy atom. The highest BCUT2D eigenvalue weighted by atomic mass is 32.2. The number of nitrogens with one attached hydrogen (secondary N) is 2. The SMILES string of the molecule is O=[N+]([O-])c1ccccc1S(=O)(=O)N1CCC(C2CC(c3cccc(C(F)(F)F)c3)NN2)CC1. The van der Waals surface area contributed by atoms with E-state index in [-0.39, 0.29) is 36.0 Å². The molecule has 0 aliphatic carbocycles. The first-order valence-electron chi connectivity index (χ1n) is 10.5. The van der Waals surface area contributed by atoms with E-state index in [9.17, 15) is 31.7 Å². The summed E-state index contributed by atoms with van der Waals surface area (Å²) in [7, 11) is -4.01. The van der Waals surface area contributed by atoms with E-state index in [1.54, 1.807) is 6.07 Å². The molecule has 4 rings (SSSR count). The van der Waals surface area contributed by atoms with E-state index in [0.29, 0.717) is 24.8 Å². The minimum absolute atomic E-state index is 0.0274. The number of hydrogen-bond donors (Lipinski definition) is 2. The molecule has 2 aromatic rings. The maximum atomic E-state index is 13.0. The minimum atomic E-state index is -4.41. The molecule has 0 spiro atoms. The number of piperidine rings is 1. The molecule has 0 radical (unpaired) electrons. The van der Waals surface area contributed by atoms with Gasteiger partial charge in [-0.2, -0.15) is 17.5 Å². The molecule has 2 atom stereocenters. The number of sulfonamides is 1. The lowest BCUT2D eigenvalue weighted by Gasteiger charge is -2.33. The largest absolute Gasteiger partial charge is 0.416 e. The van der Waals surface area contributed by atoms with Crippen LogP contribution in [-0.4, -0.2) is 36.8 Å². The van der Waals surface area contributed by atoms with Crippen LogP contribution in [0.5, 0.6) is 0 Å². The molecular formula is C21H23F3N4O4S. The molecule has 12 heteroatoms. The topological polar surface area (TPSA) is 105 Å². The van der Waals surface area contributed by atoms with E-state index in [1.807, 2.05) is 0 Å². The fraction of sp³-hybridized carbons (Fsp3) is 0.429. The molecule has 2 unspecified atom stereocenters. The van der Waals surface area contributed by atoms with Crippen LogP contribution in [0.4, 0.5) is 18.9 Å². The van der Waals surface area contributed by atoms with Crippen LogP contribution >= 0.6 is 0 Å². The van der Waals surface area contributed by atoms with Gasteiger partial charge < -0.3 is 0 Å². The number of hydrazine groups is 1. The van der Waals surface area contributed by atoms with Crippen molar-refractivity contribution in [1.29, 1.82) is 0 Å². The van der Waals surface area contributed by atoms with E-state index in [2.05, 4.69) is 10.9 Å². The number of benzene rings is 2. The molecule has 0 saturated carbocycles. The van der Waals surface area contributed by atoms with Crippen molar-refractivity contribution in [3.05, 3.63) is 69.8 Å². The number of para-hydroxylation sites is 1. The summed E-state index contributed by atoms with van der Waals surface area (Å²) in [6.07, 6.45) is -2.76. The summed E-state index contributed by atoms with van der Waals surface area (Å²) >= 11 is 0. The monoisotopic (exact) mass is 484 g/mol. The van der Waals surface area contributed by atoms with Crippen molar-refractivity contribution in [3.8, 4) is 0 Å². The fourth-order valence-electron chi connectivity index (χ4n) is 4.52. The Morgan fingerprint density at radius 2 is 1.73 bits per heavy atom. The molecule has 178 valence electrons. The Labute approximate surface area is 189 Å². The summed E-state index contributed by atoms with van der Waals surface area (Å²) in [5.74, 6) is 0.116. The number of nitro benzene ring substituents is 1. The minimum Gasteiger partial charge on any atom is -0.258 e. The van der Waals surface area contributed by atoms with Gasteiger partial charge in [0.25, 0.3) is 5.69 Å². The third-order valence-corrected chi connectivity index (χ3v) is 8.24. The van der Waals surface area contributed by atoms with Gasteiger partial charge >= 0.3 is 6.18 Å². The lowest BCUT2D eigenvalue weighted by molar-refractivity contribution is -0.387. The molecule has 0 aromatic heterocycles. The van der Waals surface area contributed by atoms with Crippen molar-refractivity contribution < 1.29 is 26.5 Å². The van der Waals surface area contributed by atoms with Gasteiger partial charge in [0.2, 0.25) is 10.0 Å². The van der Waals surface area contributed by atoms with E-state index in [4.69, 9.17) is 0 Å². The normalized spacial score (nSPS) is 23.0. The fourth-order valence-corrected chi connectivity index (χ4v) is 6.15. The Kier molecular flexibility index (Phi) is 6.45. The summed E-state index contributed by atoms with van der Waals surface area (Å²) in [6.45, 7) is 0.427. The van der Waals surface area contributed by atoms with Crippen LogP contribution in [0.15, 0.2) is 53.4 Å². The van der Waals surface area contributed by atoms with Crippen molar-refractivity contribution in [2.24, 2.45) is 5.92 Å². The van der Waals surface area contributed by atoms with Gasteiger partial charge in [-0.15, -0.1) is 0 Å². The molecule has 2 N–H and O–H groups in total. The Hall–Kier alpha value is -2.54. The molecule has 2 heterocycles. The zero-order valence-electron chi connectivity index (χ0n) is 17.5. The summed E-state index contributed by atoms with van der Waals surface area (Å²) in [5, 5.41) is 11.2. The first kappa shape index (κ1) is 23.6. The second-order valence-electron chi connectivity index (χ2n) is 8.27. The molecule has 0 bridgehead atoms. The van der Waals surface area contributed by atoms with Gasteiger partial charge in [-0.1, -0.05) is 24.3 Å². The molecule has 2 aliphatic rings. The van der Waals surface area contributed by atoms with Crippen molar-refractivity contribution in [2.45, 2.75) is 42.4 Å². The highest BCUT2D eigenvalue weighted by Gasteiger charge is 2.38. The first-order valence-corrected chi connectivity index (χ1v) is 11.9. The molecule has 2 aliphatic heterocycles. The molecule has 2 aromatic carbocycles. The lowest BCUT2D eigenvalue weighted by atomic mass is 9.87. The predicted molar refractivity (Wildman–Crippen MR) is 113 cm³/mol. The molecule has 33 heavy (non-hydrogen) atoms. The van der Waals surface area contributed by atoms with Gasteiger partial charge in [0, 0.05) is 31.2 Å². The lowest BCUT2D eigenvalue weighted by Crippen LogP contribution is -2.44. The van der Waals surface area contributed by atoms with Crippen molar-refractivity contribution in [2.75, 3.05) is 13.1 Å². The Bertz CT molecular complexity index is 1130. The number of hydrogen-bond acceptors (Lipinski definition) is 6. The summed E-state index contributed by atoms with van der Waals surface area (Å²) in [6, 6.07) is 10.2. The van der Waals surface area contributed by atoms with Crippen LogP contribution in [0.2, 0.25) is 0 Å². The van der Waals surface area contributed by atoms with E-state index >= 15 is 0 Å². The smallest absolute Gasteiger partial charge is 0.258 e. The van der Waals surface area contributed by atoms with Crippen molar-refractivity contribution in [3.63, 3.8) is 0 Å². The average Bonchev–Trinajstić information content (AvgIpc) is 3.29.